The minimum absolute atomic E-state index is 0.0407. The predicted octanol–water partition coefficient (Wildman–Crippen LogP) is 4.45. The molecule has 1 aliphatic rings. The monoisotopic (exact) mass is 437 g/mol. The number of benzene rings is 2. The van der Waals surface area contributed by atoms with Gasteiger partial charge < -0.3 is 4.90 Å². The Morgan fingerprint density at radius 1 is 1.10 bits per heavy atom. The van der Waals surface area contributed by atoms with Gasteiger partial charge >= 0.3 is 0 Å². The SMILES string of the molecule is CN(Cc1ccccc1Cl)c1ccc(S(=O)(=O)N2CCCCCC2)cc1[N+](=O)[O-]. The maximum atomic E-state index is 13.0. The summed E-state index contributed by atoms with van der Waals surface area (Å²) in [6.07, 6.45) is 3.61. The van der Waals surface area contributed by atoms with Gasteiger partial charge in [0.25, 0.3) is 5.69 Å². The maximum Gasteiger partial charge on any atom is 0.293 e. The molecule has 29 heavy (non-hydrogen) atoms. The van der Waals surface area contributed by atoms with Crippen LogP contribution in [0.4, 0.5) is 11.4 Å². The van der Waals surface area contributed by atoms with E-state index in [0.29, 0.717) is 30.3 Å². The molecular weight excluding hydrogens is 414 g/mol. The lowest BCUT2D eigenvalue weighted by Gasteiger charge is -2.22. The van der Waals surface area contributed by atoms with Crippen LogP contribution in [0.1, 0.15) is 31.2 Å². The quantitative estimate of drug-likeness (QED) is 0.492. The Kier molecular flexibility index (Phi) is 6.77. The lowest BCUT2D eigenvalue weighted by molar-refractivity contribution is -0.384. The van der Waals surface area contributed by atoms with Crippen LogP contribution in [0.25, 0.3) is 0 Å². The van der Waals surface area contributed by atoms with Crippen molar-refractivity contribution in [2.45, 2.75) is 37.1 Å². The molecule has 1 aliphatic heterocycles. The van der Waals surface area contributed by atoms with E-state index in [1.165, 1.54) is 22.5 Å². The van der Waals surface area contributed by atoms with Crippen LogP contribution in [0.15, 0.2) is 47.4 Å². The number of nitro benzene ring substituents is 1. The highest BCUT2D eigenvalue weighted by molar-refractivity contribution is 7.89. The van der Waals surface area contributed by atoms with Crippen molar-refractivity contribution < 1.29 is 13.3 Å². The van der Waals surface area contributed by atoms with Gasteiger partial charge in [-0.2, -0.15) is 4.31 Å². The van der Waals surface area contributed by atoms with Crippen molar-refractivity contribution in [3.63, 3.8) is 0 Å². The Bertz CT molecular complexity index is 989. The summed E-state index contributed by atoms with van der Waals surface area (Å²) in [5.74, 6) is 0. The van der Waals surface area contributed by atoms with Crippen LogP contribution in [0.5, 0.6) is 0 Å². The first-order valence-corrected chi connectivity index (χ1v) is 11.4. The van der Waals surface area contributed by atoms with Gasteiger partial charge in [-0.25, -0.2) is 8.42 Å². The van der Waals surface area contributed by atoms with Crippen LogP contribution in [0.2, 0.25) is 5.02 Å². The molecule has 3 rings (SSSR count). The second-order valence-corrected chi connectivity index (χ2v) is 9.52. The highest BCUT2D eigenvalue weighted by Gasteiger charge is 2.28. The molecule has 0 aromatic heterocycles. The molecule has 0 spiro atoms. The zero-order valence-electron chi connectivity index (χ0n) is 16.3. The topological polar surface area (TPSA) is 83.8 Å². The van der Waals surface area contributed by atoms with Crippen molar-refractivity contribution in [1.29, 1.82) is 0 Å². The second kappa shape index (κ2) is 9.11. The third-order valence-electron chi connectivity index (χ3n) is 5.12. The highest BCUT2D eigenvalue weighted by Crippen LogP contribution is 2.33. The second-order valence-electron chi connectivity index (χ2n) is 7.17. The molecule has 0 bridgehead atoms. The van der Waals surface area contributed by atoms with Gasteiger partial charge in [-0.05, 0) is 36.6 Å². The molecule has 0 radical (unpaired) electrons. The van der Waals surface area contributed by atoms with Crippen LogP contribution >= 0.6 is 11.6 Å². The Balaban J connectivity index is 1.92. The Hall–Kier alpha value is -2.16. The molecule has 0 aliphatic carbocycles. The molecule has 0 N–H and O–H groups in total. The lowest BCUT2D eigenvalue weighted by atomic mass is 10.2. The maximum absolute atomic E-state index is 13.0. The number of nitro groups is 1. The van der Waals surface area contributed by atoms with E-state index in [-0.39, 0.29) is 10.6 Å². The standard InChI is InChI=1S/C20H24ClN3O4S/c1-22(15-16-8-4-5-9-18(16)21)19-11-10-17(14-20(19)24(25)26)29(27,28)23-12-6-2-3-7-13-23/h4-5,8-11,14H,2-3,6-7,12-13,15H2,1H3. The summed E-state index contributed by atoms with van der Waals surface area (Å²) in [6, 6.07) is 11.4. The molecule has 1 saturated heterocycles. The summed E-state index contributed by atoms with van der Waals surface area (Å²) < 4.78 is 27.4. The number of hydrogen-bond donors (Lipinski definition) is 0. The fourth-order valence-electron chi connectivity index (χ4n) is 3.53. The first kappa shape index (κ1) is 21.5. The van der Waals surface area contributed by atoms with E-state index in [1.807, 2.05) is 18.2 Å². The largest absolute Gasteiger partial charge is 0.365 e. The third kappa shape index (κ3) is 4.88. The van der Waals surface area contributed by atoms with E-state index in [9.17, 15) is 18.5 Å². The summed E-state index contributed by atoms with van der Waals surface area (Å²) in [4.78, 5) is 12.8. The first-order valence-electron chi connectivity index (χ1n) is 9.54. The van der Waals surface area contributed by atoms with E-state index in [1.54, 1.807) is 18.0 Å². The predicted molar refractivity (Wildman–Crippen MR) is 114 cm³/mol. The summed E-state index contributed by atoms with van der Waals surface area (Å²) in [5.41, 5.74) is 0.924. The number of nitrogens with zero attached hydrogens (tertiary/aromatic N) is 3. The average molecular weight is 438 g/mol. The van der Waals surface area contributed by atoms with Gasteiger partial charge in [0.15, 0.2) is 0 Å². The highest BCUT2D eigenvalue weighted by atomic mass is 35.5. The molecule has 0 atom stereocenters. The normalized spacial score (nSPS) is 15.7. The molecule has 9 heteroatoms. The van der Waals surface area contributed by atoms with E-state index in [4.69, 9.17) is 11.6 Å². The lowest BCUT2D eigenvalue weighted by Crippen LogP contribution is -2.32. The smallest absolute Gasteiger partial charge is 0.293 e. The van der Waals surface area contributed by atoms with Crippen LogP contribution in [0.3, 0.4) is 0 Å². The van der Waals surface area contributed by atoms with E-state index in [2.05, 4.69) is 0 Å². The molecular formula is C20H24ClN3O4S. The van der Waals surface area contributed by atoms with Gasteiger partial charge in [-0.15, -0.1) is 0 Å². The fraction of sp³-hybridized carbons (Fsp3) is 0.400. The summed E-state index contributed by atoms with van der Waals surface area (Å²) in [7, 11) is -2.04. The van der Waals surface area contributed by atoms with Crippen molar-refractivity contribution in [2.75, 3.05) is 25.0 Å². The van der Waals surface area contributed by atoms with Crippen molar-refractivity contribution in [3.8, 4) is 0 Å². The molecule has 0 unspecified atom stereocenters. The van der Waals surface area contributed by atoms with Crippen LogP contribution in [-0.2, 0) is 16.6 Å². The van der Waals surface area contributed by atoms with E-state index < -0.39 is 14.9 Å². The summed E-state index contributed by atoms with van der Waals surface area (Å²) >= 11 is 6.20. The van der Waals surface area contributed by atoms with Crippen LogP contribution in [-0.4, -0.2) is 37.8 Å². The van der Waals surface area contributed by atoms with Crippen molar-refractivity contribution in [3.05, 3.63) is 63.2 Å². The molecule has 0 amide bonds. The number of rotatable bonds is 6. The number of halogens is 1. The molecule has 7 nitrogen and oxygen atoms in total. The average Bonchev–Trinajstić information content (AvgIpc) is 2.99. The Morgan fingerprint density at radius 2 is 1.76 bits per heavy atom. The third-order valence-corrected chi connectivity index (χ3v) is 7.39. The molecule has 2 aromatic carbocycles. The molecule has 0 saturated carbocycles. The van der Waals surface area contributed by atoms with Gasteiger partial charge in [-0.1, -0.05) is 42.6 Å². The van der Waals surface area contributed by atoms with Gasteiger partial charge in [0.05, 0.1) is 9.82 Å². The molecule has 156 valence electrons. The Labute approximate surface area is 176 Å². The fourth-order valence-corrected chi connectivity index (χ4v) is 5.26. The van der Waals surface area contributed by atoms with Gasteiger partial charge in [0, 0.05) is 37.8 Å². The minimum Gasteiger partial charge on any atom is -0.365 e. The zero-order chi connectivity index (χ0) is 21.0. The van der Waals surface area contributed by atoms with Crippen molar-refractivity contribution in [2.24, 2.45) is 0 Å². The summed E-state index contributed by atoms with van der Waals surface area (Å²) in [5, 5.41) is 12.3. The first-order chi connectivity index (χ1) is 13.8. The van der Waals surface area contributed by atoms with Crippen molar-refractivity contribution in [1.82, 2.24) is 4.31 Å². The molecule has 1 heterocycles. The van der Waals surface area contributed by atoms with Gasteiger partial charge in [0.1, 0.15) is 5.69 Å². The van der Waals surface area contributed by atoms with E-state index >= 15 is 0 Å². The zero-order valence-corrected chi connectivity index (χ0v) is 17.8. The molecule has 1 fully saturated rings. The number of sulfonamides is 1. The van der Waals surface area contributed by atoms with Crippen LogP contribution < -0.4 is 4.90 Å². The van der Waals surface area contributed by atoms with E-state index in [0.717, 1.165) is 31.2 Å². The van der Waals surface area contributed by atoms with Crippen LogP contribution in [0, 0.1) is 10.1 Å². The Morgan fingerprint density at radius 3 is 2.38 bits per heavy atom. The minimum atomic E-state index is -3.76. The molecule has 2 aromatic rings. The van der Waals surface area contributed by atoms with Gasteiger partial charge in [0.2, 0.25) is 10.0 Å². The summed E-state index contributed by atoms with van der Waals surface area (Å²) in [6.45, 7) is 1.26. The number of anilines is 1. The van der Waals surface area contributed by atoms with Gasteiger partial charge in [-0.3, -0.25) is 10.1 Å². The van der Waals surface area contributed by atoms with Crippen molar-refractivity contribution >= 4 is 33.0 Å². The number of hydrogen-bond acceptors (Lipinski definition) is 5.